The van der Waals surface area contributed by atoms with Crippen LogP contribution in [0.25, 0.3) is 0 Å². The number of amides is 1. The number of nitrogens with one attached hydrogen (secondary N) is 1. The molecule has 0 aliphatic carbocycles. The molecule has 0 fully saturated rings. The minimum Gasteiger partial charge on any atom is -0.349 e. The van der Waals surface area contributed by atoms with Gasteiger partial charge in [-0.15, -0.1) is 0 Å². The van der Waals surface area contributed by atoms with Crippen LogP contribution in [0, 0.1) is 11.8 Å². The fourth-order valence-electron chi connectivity index (χ4n) is 3.17. The molecule has 2 aromatic rings. The van der Waals surface area contributed by atoms with E-state index in [1.807, 2.05) is 0 Å². The molecule has 0 saturated heterocycles. The van der Waals surface area contributed by atoms with Gasteiger partial charge < -0.3 is 5.32 Å². The number of sulfonamides is 1. The zero-order valence-electron chi connectivity index (χ0n) is 17.0. The van der Waals surface area contributed by atoms with Crippen molar-refractivity contribution in [2.75, 3.05) is 0 Å². The number of carbonyl (C=O) groups is 1. The predicted octanol–water partition coefficient (Wildman–Crippen LogP) is 3.59. The average Bonchev–Trinajstić information content (AvgIpc) is 2.59. The molecule has 1 amide bonds. The number of nitrogens with two attached hydrogens (primary N) is 1. The Morgan fingerprint density at radius 3 is 1.93 bits per heavy atom. The van der Waals surface area contributed by atoms with Gasteiger partial charge in [0.1, 0.15) is 0 Å². The van der Waals surface area contributed by atoms with Crippen LogP contribution in [-0.2, 0) is 27.7 Å². The first-order chi connectivity index (χ1) is 13.1. The summed E-state index contributed by atoms with van der Waals surface area (Å²) in [6.45, 7) is 8.54. The summed E-state index contributed by atoms with van der Waals surface area (Å²) in [5, 5.41) is 8.21. The largest absolute Gasteiger partial charge is 0.349 e. The number of hydrogen-bond acceptors (Lipinski definition) is 3. The lowest BCUT2D eigenvalue weighted by atomic mass is 9.93. The van der Waals surface area contributed by atoms with Gasteiger partial charge in [0, 0.05) is 0 Å². The SMILES string of the molecule is CC(C)Cc1ccc(C(NC(=O)Cc2ccc(S(N)(=O)=O)cc2)C(C)C)cc1. The topological polar surface area (TPSA) is 89.3 Å². The van der Waals surface area contributed by atoms with Crippen LogP contribution in [-0.4, -0.2) is 14.3 Å². The molecule has 0 aliphatic heterocycles. The normalized spacial score (nSPS) is 13.0. The van der Waals surface area contributed by atoms with E-state index in [0.717, 1.165) is 17.5 Å². The molecule has 0 bridgehead atoms. The van der Waals surface area contributed by atoms with Gasteiger partial charge in [-0.25, -0.2) is 13.6 Å². The zero-order chi connectivity index (χ0) is 20.9. The van der Waals surface area contributed by atoms with Crippen molar-refractivity contribution in [3.05, 3.63) is 65.2 Å². The molecule has 0 spiro atoms. The molecule has 1 atom stereocenters. The van der Waals surface area contributed by atoms with Gasteiger partial charge >= 0.3 is 0 Å². The summed E-state index contributed by atoms with van der Waals surface area (Å²) < 4.78 is 22.7. The molecule has 5 nitrogen and oxygen atoms in total. The Morgan fingerprint density at radius 2 is 1.46 bits per heavy atom. The molecule has 2 aromatic carbocycles. The maximum atomic E-state index is 12.5. The average molecular weight is 403 g/mol. The Hall–Kier alpha value is -2.18. The third-order valence-electron chi connectivity index (χ3n) is 4.58. The van der Waals surface area contributed by atoms with Gasteiger partial charge in [0.05, 0.1) is 17.4 Å². The summed E-state index contributed by atoms with van der Waals surface area (Å²) in [7, 11) is -3.73. The van der Waals surface area contributed by atoms with E-state index in [1.165, 1.54) is 17.7 Å². The number of hydrogen-bond donors (Lipinski definition) is 2. The standard InChI is InChI=1S/C22H30N2O3S/c1-15(2)13-17-5-9-19(10-6-17)22(16(3)4)24-21(25)14-18-7-11-20(12-8-18)28(23,26)27/h5-12,15-16,22H,13-14H2,1-4H3,(H,24,25)(H2,23,26,27). The zero-order valence-corrected chi connectivity index (χ0v) is 17.8. The maximum absolute atomic E-state index is 12.5. The second-order valence-electron chi connectivity index (χ2n) is 7.99. The van der Waals surface area contributed by atoms with E-state index >= 15 is 0 Å². The molecule has 0 radical (unpaired) electrons. The summed E-state index contributed by atoms with van der Waals surface area (Å²) in [6, 6.07) is 14.4. The molecular formula is C22H30N2O3S. The lowest BCUT2D eigenvalue weighted by Crippen LogP contribution is -2.32. The van der Waals surface area contributed by atoms with E-state index in [0.29, 0.717) is 5.92 Å². The summed E-state index contributed by atoms with van der Waals surface area (Å²) in [4.78, 5) is 12.6. The smallest absolute Gasteiger partial charge is 0.238 e. The van der Waals surface area contributed by atoms with Gasteiger partial charge in [-0.3, -0.25) is 4.79 Å². The molecule has 3 N–H and O–H groups in total. The number of benzene rings is 2. The van der Waals surface area contributed by atoms with Crippen LogP contribution in [0.3, 0.4) is 0 Å². The van der Waals surface area contributed by atoms with Crippen molar-refractivity contribution in [3.63, 3.8) is 0 Å². The van der Waals surface area contributed by atoms with Crippen molar-refractivity contribution in [1.29, 1.82) is 0 Å². The Balaban J connectivity index is 2.06. The lowest BCUT2D eigenvalue weighted by Gasteiger charge is -2.23. The summed E-state index contributed by atoms with van der Waals surface area (Å²) in [5.41, 5.74) is 3.11. The Labute approximate surface area is 168 Å². The Morgan fingerprint density at radius 1 is 0.929 bits per heavy atom. The Bertz CT molecular complexity index is 886. The van der Waals surface area contributed by atoms with Crippen LogP contribution in [0.2, 0.25) is 0 Å². The highest BCUT2D eigenvalue weighted by Crippen LogP contribution is 2.23. The van der Waals surface area contributed by atoms with E-state index in [1.54, 1.807) is 12.1 Å². The molecule has 0 aliphatic rings. The molecule has 28 heavy (non-hydrogen) atoms. The minimum absolute atomic E-state index is 0.0400. The lowest BCUT2D eigenvalue weighted by molar-refractivity contribution is -0.121. The first-order valence-corrected chi connectivity index (χ1v) is 11.1. The maximum Gasteiger partial charge on any atom is 0.238 e. The molecule has 1 unspecified atom stereocenters. The van der Waals surface area contributed by atoms with Crippen molar-refractivity contribution in [3.8, 4) is 0 Å². The van der Waals surface area contributed by atoms with Crippen molar-refractivity contribution < 1.29 is 13.2 Å². The molecular weight excluding hydrogens is 372 g/mol. The van der Waals surface area contributed by atoms with Gasteiger partial charge in [-0.05, 0) is 47.1 Å². The van der Waals surface area contributed by atoms with Gasteiger partial charge in [0.15, 0.2) is 0 Å². The Kier molecular flexibility index (Phi) is 7.38. The van der Waals surface area contributed by atoms with Crippen LogP contribution >= 0.6 is 0 Å². The van der Waals surface area contributed by atoms with Gasteiger partial charge in [0.2, 0.25) is 15.9 Å². The first kappa shape index (κ1) is 22.1. The van der Waals surface area contributed by atoms with E-state index in [-0.39, 0.29) is 29.2 Å². The summed E-state index contributed by atoms with van der Waals surface area (Å²) >= 11 is 0. The molecule has 2 rings (SSSR count). The second-order valence-corrected chi connectivity index (χ2v) is 9.56. The fraction of sp³-hybridized carbons (Fsp3) is 0.409. The molecule has 0 saturated carbocycles. The quantitative estimate of drug-likeness (QED) is 0.707. The van der Waals surface area contributed by atoms with Crippen LogP contribution < -0.4 is 10.5 Å². The van der Waals surface area contributed by atoms with Gasteiger partial charge in [-0.2, -0.15) is 0 Å². The van der Waals surface area contributed by atoms with Gasteiger partial charge in [0.25, 0.3) is 0 Å². The third-order valence-corrected chi connectivity index (χ3v) is 5.51. The van der Waals surface area contributed by atoms with Crippen LogP contribution in [0.4, 0.5) is 0 Å². The van der Waals surface area contributed by atoms with E-state index < -0.39 is 10.0 Å². The van der Waals surface area contributed by atoms with Crippen LogP contribution in [0.15, 0.2) is 53.4 Å². The molecule has 6 heteroatoms. The van der Waals surface area contributed by atoms with Crippen molar-refractivity contribution in [2.45, 2.75) is 51.5 Å². The highest BCUT2D eigenvalue weighted by atomic mass is 32.2. The monoisotopic (exact) mass is 402 g/mol. The van der Waals surface area contributed by atoms with Crippen LogP contribution in [0.1, 0.15) is 50.4 Å². The number of primary sulfonamides is 1. The molecule has 0 aromatic heterocycles. The third kappa shape index (κ3) is 6.46. The second kappa shape index (κ2) is 9.34. The number of carbonyl (C=O) groups excluding carboxylic acids is 1. The van der Waals surface area contributed by atoms with E-state index in [4.69, 9.17) is 5.14 Å². The highest BCUT2D eigenvalue weighted by molar-refractivity contribution is 7.89. The van der Waals surface area contributed by atoms with E-state index in [9.17, 15) is 13.2 Å². The molecule has 0 heterocycles. The molecule has 152 valence electrons. The predicted molar refractivity (Wildman–Crippen MR) is 112 cm³/mol. The fourth-order valence-corrected chi connectivity index (χ4v) is 3.69. The minimum atomic E-state index is -3.73. The number of rotatable bonds is 8. The van der Waals surface area contributed by atoms with E-state index in [2.05, 4.69) is 57.3 Å². The summed E-state index contributed by atoms with van der Waals surface area (Å²) in [5.74, 6) is 0.741. The van der Waals surface area contributed by atoms with Crippen molar-refractivity contribution in [2.24, 2.45) is 17.0 Å². The summed E-state index contributed by atoms with van der Waals surface area (Å²) in [6.07, 6.45) is 1.22. The van der Waals surface area contributed by atoms with Crippen molar-refractivity contribution >= 4 is 15.9 Å². The van der Waals surface area contributed by atoms with Gasteiger partial charge in [-0.1, -0.05) is 64.1 Å². The van der Waals surface area contributed by atoms with Crippen LogP contribution in [0.5, 0.6) is 0 Å². The first-order valence-electron chi connectivity index (χ1n) is 9.56. The highest BCUT2D eigenvalue weighted by Gasteiger charge is 2.19. The van der Waals surface area contributed by atoms with Crippen molar-refractivity contribution in [1.82, 2.24) is 5.32 Å².